The molecule has 0 aliphatic rings. The van der Waals surface area contributed by atoms with Crippen LogP contribution in [0.25, 0.3) is 0 Å². The van der Waals surface area contributed by atoms with Crippen LogP contribution >= 0.6 is 62.3 Å². The Morgan fingerprint density at radius 1 is 1.05 bits per heavy atom. The van der Waals surface area contributed by atoms with Gasteiger partial charge >= 0.3 is 0 Å². The Kier molecular flexibility index (Phi) is 5.28. The summed E-state index contributed by atoms with van der Waals surface area (Å²) in [5.41, 5.74) is 0.202. The lowest BCUT2D eigenvalue weighted by Gasteiger charge is -2.11. The van der Waals surface area contributed by atoms with Gasteiger partial charge in [-0.15, -0.1) is 0 Å². The quantitative estimate of drug-likeness (QED) is 0.649. The first-order valence-corrected chi connectivity index (χ1v) is 8.98. The molecule has 2 rings (SSSR count). The van der Waals surface area contributed by atoms with E-state index in [9.17, 15) is 8.42 Å². The first kappa shape index (κ1) is 17.1. The molecule has 0 fully saturated rings. The summed E-state index contributed by atoms with van der Waals surface area (Å²) in [4.78, 5) is 3.56. The van der Waals surface area contributed by atoms with Crippen molar-refractivity contribution in [2.75, 3.05) is 4.72 Å². The van der Waals surface area contributed by atoms with Crippen molar-refractivity contribution in [1.29, 1.82) is 0 Å². The number of benzene rings is 1. The van der Waals surface area contributed by atoms with Crippen LogP contribution < -0.4 is 4.72 Å². The number of aromatic nitrogens is 1. The van der Waals surface area contributed by atoms with Crippen molar-refractivity contribution in [3.63, 3.8) is 0 Å². The molecule has 0 saturated heterocycles. The van der Waals surface area contributed by atoms with E-state index in [1.165, 1.54) is 24.4 Å². The molecule has 1 aromatic heterocycles. The third-order valence-corrected chi connectivity index (χ3v) is 5.93. The SMILES string of the molecule is O=S(=O)(Nc1cnc(Cl)c(Br)c1)c1c(Cl)cc(Cl)cc1Cl. The molecular weight excluding hydrogens is 446 g/mol. The Labute approximate surface area is 149 Å². The lowest BCUT2D eigenvalue weighted by molar-refractivity contribution is 0.601. The van der Waals surface area contributed by atoms with Gasteiger partial charge in [0.15, 0.2) is 0 Å². The van der Waals surface area contributed by atoms with E-state index in [-0.39, 0.29) is 30.8 Å². The minimum absolute atomic E-state index is 0.0824. The fraction of sp³-hybridized carbons (Fsp3) is 0. The van der Waals surface area contributed by atoms with E-state index < -0.39 is 10.0 Å². The summed E-state index contributed by atoms with van der Waals surface area (Å²) < 4.78 is 27.5. The molecule has 1 heterocycles. The van der Waals surface area contributed by atoms with E-state index in [0.717, 1.165) is 0 Å². The normalized spacial score (nSPS) is 11.5. The van der Waals surface area contributed by atoms with Crippen molar-refractivity contribution in [2.45, 2.75) is 4.90 Å². The molecule has 0 radical (unpaired) electrons. The average Bonchev–Trinajstić information content (AvgIpc) is 2.31. The largest absolute Gasteiger partial charge is 0.278 e. The molecule has 0 amide bonds. The predicted octanol–water partition coefficient (Wildman–Crippen LogP) is 5.26. The molecule has 0 spiro atoms. The smallest absolute Gasteiger partial charge is 0.264 e. The number of anilines is 1. The van der Waals surface area contributed by atoms with Crippen LogP contribution in [0.4, 0.5) is 5.69 Å². The third-order valence-electron chi connectivity index (χ3n) is 2.28. The van der Waals surface area contributed by atoms with Gasteiger partial charge in [-0.25, -0.2) is 13.4 Å². The van der Waals surface area contributed by atoms with Gasteiger partial charge in [-0.3, -0.25) is 4.72 Å². The van der Waals surface area contributed by atoms with Crippen molar-refractivity contribution in [2.24, 2.45) is 0 Å². The second-order valence-corrected chi connectivity index (χ2v) is 7.88. The van der Waals surface area contributed by atoms with E-state index in [4.69, 9.17) is 46.4 Å². The zero-order chi connectivity index (χ0) is 15.8. The first-order chi connectivity index (χ1) is 9.70. The lowest BCUT2D eigenvalue weighted by Crippen LogP contribution is -2.14. The number of rotatable bonds is 3. The molecule has 4 nitrogen and oxygen atoms in total. The molecule has 0 aliphatic carbocycles. The van der Waals surface area contributed by atoms with Gasteiger partial charge in [-0.2, -0.15) is 0 Å². The maximum atomic E-state index is 12.4. The molecule has 1 N–H and O–H groups in total. The minimum atomic E-state index is -4.00. The third kappa shape index (κ3) is 3.94. The second kappa shape index (κ2) is 6.48. The van der Waals surface area contributed by atoms with Crippen LogP contribution in [-0.2, 0) is 10.0 Å². The van der Waals surface area contributed by atoms with Crippen LogP contribution in [0.5, 0.6) is 0 Å². The molecule has 0 atom stereocenters. The molecule has 10 heteroatoms. The number of hydrogen-bond donors (Lipinski definition) is 1. The van der Waals surface area contributed by atoms with E-state index in [0.29, 0.717) is 4.47 Å². The number of sulfonamides is 1. The van der Waals surface area contributed by atoms with E-state index in [1.807, 2.05) is 0 Å². The Morgan fingerprint density at radius 2 is 1.62 bits per heavy atom. The number of nitrogens with one attached hydrogen (secondary N) is 1. The number of nitrogens with zero attached hydrogens (tertiary/aromatic N) is 1. The summed E-state index contributed by atoms with van der Waals surface area (Å²) >= 11 is 26.5. The lowest BCUT2D eigenvalue weighted by atomic mass is 10.4. The van der Waals surface area contributed by atoms with Crippen LogP contribution in [0.2, 0.25) is 20.2 Å². The Morgan fingerprint density at radius 3 is 2.14 bits per heavy atom. The maximum absolute atomic E-state index is 12.4. The van der Waals surface area contributed by atoms with Gasteiger partial charge in [-0.1, -0.05) is 46.4 Å². The van der Waals surface area contributed by atoms with E-state index >= 15 is 0 Å². The standard InChI is InChI=1S/C11H5BrCl4N2O2S/c12-7-3-6(4-17-11(7)16)18-21(19,20)10-8(14)1-5(13)2-9(10)15/h1-4,18H. The molecule has 2 aromatic rings. The highest BCUT2D eigenvalue weighted by atomic mass is 79.9. The van der Waals surface area contributed by atoms with Crippen LogP contribution in [0.3, 0.4) is 0 Å². The average molecular weight is 451 g/mol. The minimum Gasteiger partial charge on any atom is -0.278 e. The summed E-state index contributed by atoms with van der Waals surface area (Å²) in [6, 6.07) is 4.05. The summed E-state index contributed by atoms with van der Waals surface area (Å²) in [6.07, 6.45) is 1.27. The maximum Gasteiger partial charge on any atom is 0.264 e. The fourth-order valence-electron chi connectivity index (χ4n) is 1.47. The van der Waals surface area contributed by atoms with Gasteiger partial charge in [-0.05, 0) is 34.1 Å². The molecule has 21 heavy (non-hydrogen) atoms. The van der Waals surface area contributed by atoms with Crippen molar-refractivity contribution in [1.82, 2.24) is 4.98 Å². The van der Waals surface area contributed by atoms with Gasteiger partial charge in [0, 0.05) is 5.02 Å². The van der Waals surface area contributed by atoms with Crippen LogP contribution in [0.15, 0.2) is 33.8 Å². The number of halogens is 5. The molecule has 0 saturated carbocycles. The fourth-order valence-corrected chi connectivity index (χ4v) is 4.50. The number of pyridine rings is 1. The van der Waals surface area contributed by atoms with Gasteiger partial charge in [0.1, 0.15) is 10.0 Å². The predicted molar refractivity (Wildman–Crippen MR) is 89.2 cm³/mol. The Balaban J connectivity index is 2.46. The van der Waals surface area contributed by atoms with E-state index in [2.05, 4.69) is 25.6 Å². The van der Waals surface area contributed by atoms with Crippen LogP contribution in [0.1, 0.15) is 0 Å². The zero-order valence-electron chi connectivity index (χ0n) is 9.87. The van der Waals surface area contributed by atoms with Crippen LogP contribution in [-0.4, -0.2) is 13.4 Å². The highest BCUT2D eigenvalue weighted by Crippen LogP contribution is 2.34. The molecule has 112 valence electrons. The van der Waals surface area contributed by atoms with Crippen molar-refractivity contribution >= 4 is 78.0 Å². The topological polar surface area (TPSA) is 59.1 Å². The summed E-state index contributed by atoms with van der Waals surface area (Å²) in [5, 5.41) is 0.280. The highest BCUT2D eigenvalue weighted by Gasteiger charge is 2.23. The molecule has 0 unspecified atom stereocenters. The van der Waals surface area contributed by atoms with Gasteiger partial charge in [0.25, 0.3) is 10.0 Å². The second-order valence-electron chi connectivity index (χ2n) is 3.80. The number of hydrogen-bond acceptors (Lipinski definition) is 3. The Hall–Kier alpha value is -0.240. The molecule has 1 aromatic carbocycles. The molecular formula is C11H5BrCl4N2O2S. The Bertz CT molecular complexity index is 791. The summed E-state index contributed by atoms with van der Waals surface area (Å²) in [6.45, 7) is 0. The first-order valence-electron chi connectivity index (χ1n) is 5.19. The molecule has 0 aliphatic heterocycles. The van der Waals surface area contributed by atoms with Gasteiger partial charge in [0.05, 0.1) is 26.4 Å². The summed E-state index contributed by atoms with van der Waals surface area (Å²) in [7, 11) is -4.00. The van der Waals surface area contributed by atoms with Gasteiger partial charge < -0.3 is 0 Å². The van der Waals surface area contributed by atoms with E-state index in [1.54, 1.807) is 0 Å². The van der Waals surface area contributed by atoms with Crippen molar-refractivity contribution in [3.8, 4) is 0 Å². The van der Waals surface area contributed by atoms with Crippen molar-refractivity contribution in [3.05, 3.63) is 49.1 Å². The monoisotopic (exact) mass is 448 g/mol. The molecule has 0 bridgehead atoms. The highest BCUT2D eigenvalue weighted by molar-refractivity contribution is 9.10. The van der Waals surface area contributed by atoms with Gasteiger partial charge in [0.2, 0.25) is 0 Å². The van der Waals surface area contributed by atoms with Crippen molar-refractivity contribution < 1.29 is 8.42 Å². The summed E-state index contributed by atoms with van der Waals surface area (Å²) in [5.74, 6) is 0. The zero-order valence-corrected chi connectivity index (χ0v) is 15.3. The van der Waals surface area contributed by atoms with Crippen LogP contribution in [0, 0.1) is 0 Å².